The second kappa shape index (κ2) is 12.0. The molecule has 2 aliphatic rings. The molecule has 202 valence electrons. The van der Waals surface area contributed by atoms with Gasteiger partial charge in [-0.3, -0.25) is 9.52 Å². The molecule has 2 N–H and O–H groups in total. The molecule has 0 aliphatic carbocycles. The van der Waals surface area contributed by atoms with Crippen LogP contribution in [0.15, 0.2) is 79.4 Å². The molecule has 6 rings (SSSR count). The van der Waals surface area contributed by atoms with Gasteiger partial charge in [0.2, 0.25) is 5.95 Å². The molecule has 4 heterocycles. The second-order valence-corrected chi connectivity index (χ2v) is 9.64. The number of carbonyl (C=O) groups excluding carboxylic acids is 1. The summed E-state index contributed by atoms with van der Waals surface area (Å²) in [5.74, 6) is 6.66. The third-order valence-electron chi connectivity index (χ3n) is 6.71. The van der Waals surface area contributed by atoms with Crippen LogP contribution in [-0.2, 0) is 16.1 Å². The lowest BCUT2D eigenvalue weighted by Gasteiger charge is -2.23. The van der Waals surface area contributed by atoms with Crippen LogP contribution in [0.4, 0.5) is 22.1 Å². The number of benzene rings is 2. The highest BCUT2D eigenvalue weighted by Crippen LogP contribution is 2.30. The summed E-state index contributed by atoms with van der Waals surface area (Å²) in [4.78, 5) is 27.3. The predicted molar refractivity (Wildman–Crippen MR) is 150 cm³/mol. The van der Waals surface area contributed by atoms with E-state index < -0.39 is 0 Å². The van der Waals surface area contributed by atoms with E-state index in [2.05, 4.69) is 37.5 Å². The van der Waals surface area contributed by atoms with Crippen molar-refractivity contribution in [3.05, 3.63) is 96.1 Å². The molecule has 40 heavy (non-hydrogen) atoms. The van der Waals surface area contributed by atoms with Crippen LogP contribution in [0.3, 0.4) is 0 Å². The maximum atomic E-state index is 13.0. The van der Waals surface area contributed by atoms with E-state index >= 15 is 0 Å². The largest absolute Gasteiger partial charge is 0.376 e. The van der Waals surface area contributed by atoms with Crippen molar-refractivity contribution in [1.29, 1.82) is 0 Å². The van der Waals surface area contributed by atoms with Gasteiger partial charge in [-0.05, 0) is 36.6 Å². The molecule has 2 fully saturated rings. The number of hydrogen-bond donors (Lipinski definition) is 2. The average molecular weight is 536 g/mol. The van der Waals surface area contributed by atoms with Gasteiger partial charge in [-0.2, -0.15) is 10.2 Å². The number of rotatable bonds is 6. The second-order valence-electron chi connectivity index (χ2n) is 9.64. The highest BCUT2D eigenvalue weighted by molar-refractivity contribution is 5.89. The zero-order valence-corrected chi connectivity index (χ0v) is 21.9. The first-order valence-electron chi connectivity index (χ1n) is 13.3. The van der Waals surface area contributed by atoms with Gasteiger partial charge in [-0.1, -0.05) is 48.2 Å². The fraction of sp³-hybridized carbons (Fsp3) is 0.267. The Labute approximate surface area is 232 Å². The third kappa shape index (κ3) is 6.29. The number of anilines is 3. The van der Waals surface area contributed by atoms with Crippen LogP contribution >= 0.6 is 0 Å². The molecule has 0 spiro atoms. The summed E-state index contributed by atoms with van der Waals surface area (Å²) >= 11 is 0. The van der Waals surface area contributed by atoms with Crippen LogP contribution in [0.2, 0.25) is 0 Å². The van der Waals surface area contributed by atoms with Crippen LogP contribution in [0.1, 0.15) is 42.0 Å². The standard InChI is InChI=1S/C30H29N7O3/c38-30(37-28(13-15-40-37)24-7-2-1-3-8-24)35-25-9-4-6-22(16-25)11-12-23-17-31-29(32-18-23)34-26-19-33-36(20-26)21-27-10-5-14-39-27/h1-4,6-9,16-20,27-28H,5,10,13-15,21H2,(H,35,38)(H,31,32,34)/t27-,28+/m1/s1. The van der Waals surface area contributed by atoms with Gasteiger partial charge in [0.05, 0.1) is 42.7 Å². The minimum Gasteiger partial charge on any atom is -0.376 e. The molecule has 0 saturated carbocycles. The summed E-state index contributed by atoms with van der Waals surface area (Å²) in [5.41, 5.74) is 3.91. The van der Waals surface area contributed by atoms with Crippen molar-refractivity contribution in [2.45, 2.75) is 38.0 Å². The Hall–Kier alpha value is -4.72. The average Bonchev–Trinajstić information content (AvgIpc) is 3.77. The Kier molecular flexibility index (Phi) is 7.66. The van der Waals surface area contributed by atoms with Crippen molar-refractivity contribution in [3.63, 3.8) is 0 Å². The lowest BCUT2D eigenvalue weighted by molar-refractivity contribution is -0.0829. The number of nitrogens with zero attached hydrogens (tertiary/aromatic N) is 5. The van der Waals surface area contributed by atoms with Crippen LogP contribution in [0.5, 0.6) is 0 Å². The van der Waals surface area contributed by atoms with E-state index in [1.807, 2.05) is 65.5 Å². The molecule has 4 aromatic rings. The van der Waals surface area contributed by atoms with Crippen LogP contribution < -0.4 is 10.6 Å². The molecule has 0 bridgehead atoms. The number of aromatic nitrogens is 4. The number of hydrogen-bond acceptors (Lipinski definition) is 7. The maximum absolute atomic E-state index is 13.0. The van der Waals surface area contributed by atoms with E-state index in [1.165, 1.54) is 5.06 Å². The van der Waals surface area contributed by atoms with E-state index in [0.29, 0.717) is 23.8 Å². The smallest absolute Gasteiger partial charge is 0.346 e. The first-order valence-corrected chi connectivity index (χ1v) is 13.3. The van der Waals surface area contributed by atoms with Crippen molar-refractivity contribution in [2.24, 2.45) is 0 Å². The fourth-order valence-corrected chi connectivity index (χ4v) is 4.76. The molecular weight excluding hydrogens is 506 g/mol. The molecule has 2 saturated heterocycles. The minimum absolute atomic E-state index is 0.121. The Bertz CT molecular complexity index is 1510. The minimum atomic E-state index is -0.314. The fourth-order valence-electron chi connectivity index (χ4n) is 4.76. The maximum Gasteiger partial charge on any atom is 0.346 e. The van der Waals surface area contributed by atoms with E-state index in [1.54, 1.807) is 18.6 Å². The highest BCUT2D eigenvalue weighted by atomic mass is 16.7. The Morgan fingerprint density at radius 1 is 0.950 bits per heavy atom. The van der Waals surface area contributed by atoms with Crippen molar-refractivity contribution >= 4 is 23.4 Å². The highest BCUT2D eigenvalue weighted by Gasteiger charge is 2.31. The van der Waals surface area contributed by atoms with E-state index in [4.69, 9.17) is 9.57 Å². The number of hydroxylamine groups is 2. The van der Waals surface area contributed by atoms with Gasteiger partial charge in [0.1, 0.15) is 0 Å². The number of amides is 2. The van der Waals surface area contributed by atoms with E-state index in [0.717, 1.165) is 49.2 Å². The Morgan fingerprint density at radius 2 is 1.80 bits per heavy atom. The molecule has 2 aliphatic heterocycles. The van der Waals surface area contributed by atoms with Crippen LogP contribution in [0, 0.1) is 11.8 Å². The topological polar surface area (TPSA) is 106 Å². The Balaban J connectivity index is 1.05. The summed E-state index contributed by atoms with van der Waals surface area (Å²) in [5, 5.41) is 11.9. The number of nitrogens with one attached hydrogen (secondary N) is 2. The van der Waals surface area contributed by atoms with Crippen molar-refractivity contribution in [3.8, 4) is 11.8 Å². The number of ether oxygens (including phenoxy) is 1. The lowest BCUT2D eigenvalue weighted by atomic mass is 10.1. The van der Waals surface area contributed by atoms with Crippen molar-refractivity contribution in [2.75, 3.05) is 23.8 Å². The summed E-state index contributed by atoms with van der Waals surface area (Å²) < 4.78 is 7.54. The van der Waals surface area contributed by atoms with Crippen molar-refractivity contribution in [1.82, 2.24) is 24.8 Å². The van der Waals surface area contributed by atoms with E-state index in [9.17, 15) is 4.79 Å². The predicted octanol–water partition coefficient (Wildman–Crippen LogP) is 4.91. The van der Waals surface area contributed by atoms with Gasteiger partial charge in [0.25, 0.3) is 0 Å². The molecule has 2 atom stereocenters. The Morgan fingerprint density at radius 3 is 2.62 bits per heavy atom. The SMILES string of the molecule is O=C(Nc1cccc(C#Cc2cnc(Nc3cnn(C[C@H]4CCCO4)c3)nc2)c1)N1OCC[C@H]1c1ccccc1. The first-order chi connectivity index (χ1) is 19.7. The van der Waals surface area contributed by atoms with Crippen LogP contribution in [0.25, 0.3) is 0 Å². The molecule has 2 aromatic carbocycles. The zero-order valence-electron chi connectivity index (χ0n) is 21.9. The summed E-state index contributed by atoms with van der Waals surface area (Å²) in [6.45, 7) is 2.06. The number of carbonyl (C=O) groups is 1. The zero-order chi connectivity index (χ0) is 27.1. The molecular formula is C30H29N7O3. The monoisotopic (exact) mass is 535 g/mol. The van der Waals surface area contributed by atoms with Gasteiger partial charge in [0.15, 0.2) is 0 Å². The molecule has 0 unspecified atom stereocenters. The lowest BCUT2D eigenvalue weighted by Crippen LogP contribution is -2.33. The molecule has 10 nitrogen and oxygen atoms in total. The van der Waals surface area contributed by atoms with E-state index in [-0.39, 0.29) is 18.2 Å². The quantitative estimate of drug-likeness (QED) is 0.338. The number of urea groups is 1. The van der Waals surface area contributed by atoms with Gasteiger partial charge in [0, 0.05) is 42.9 Å². The molecule has 2 aromatic heterocycles. The van der Waals surface area contributed by atoms with Crippen molar-refractivity contribution < 1.29 is 14.4 Å². The first kappa shape index (κ1) is 25.6. The van der Waals surface area contributed by atoms with Gasteiger partial charge >= 0.3 is 6.03 Å². The third-order valence-corrected chi connectivity index (χ3v) is 6.71. The molecule has 10 heteroatoms. The summed E-state index contributed by atoms with van der Waals surface area (Å²) in [6.07, 6.45) is 10.1. The van der Waals surface area contributed by atoms with Gasteiger partial charge in [-0.25, -0.2) is 14.8 Å². The molecule has 2 amide bonds. The summed E-state index contributed by atoms with van der Waals surface area (Å²) in [6, 6.07) is 16.8. The summed E-state index contributed by atoms with van der Waals surface area (Å²) in [7, 11) is 0. The van der Waals surface area contributed by atoms with Gasteiger partial charge < -0.3 is 15.4 Å². The molecule has 0 radical (unpaired) electrons. The normalized spacial score (nSPS) is 18.2. The van der Waals surface area contributed by atoms with Crippen LogP contribution in [-0.4, -0.2) is 50.2 Å². The van der Waals surface area contributed by atoms with Gasteiger partial charge in [-0.15, -0.1) is 0 Å².